The fourth-order valence-corrected chi connectivity index (χ4v) is 9.24. The first-order valence-electron chi connectivity index (χ1n) is 19.3. The monoisotopic (exact) mass is 715 g/mol. The van der Waals surface area contributed by atoms with E-state index >= 15 is 0 Å². The molecule has 1 aliphatic heterocycles. The summed E-state index contributed by atoms with van der Waals surface area (Å²) in [4.78, 5) is 2.44. The van der Waals surface area contributed by atoms with Crippen LogP contribution in [0, 0.1) is 0 Å². The number of nitrogens with zero attached hydrogens (tertiary/aromatic N) is 1. The van der Waals surface area contributed by atoms with Crippen molar-refractivity contribution < 1.29 is 4.74 Å². The van der Waals surface area contributed by atoms with Gasteiger partial charge in [-0.05, 0) is 117 Å². The van der Waals surface area contributed by atoms with Crippen molar-refractivity contribution >= 4 is 27.8 Å². The Morgan fingerprint density at radius 2 is 1.00 bits per heavy atom. The van der Waals surface area contributed by atoms with Crippen molar-refractivity contribution in [1.29, 1.82) is 0 Å². The smallest absolute Gasteiger partial charge is 0.135 e. The first kappa shape index (κ1) is 32.3. The lowest BCUT2D eigenvalue weighted by Gasteiger charge is -2.32. The minimum Gasteiger partial charge on any atom is -0.456 e. The minimum atomic E-state index is -0.320. The van der Waals surface area contributed by atoms with Gasteiger partial charge in [0.1, 0.15) is 11.5 Å². The van der Waals surface area contributed by atoms with Gasteiger partial charge >= 0.3 is 0 Å². The number of hydrogen-bond donors (Lipinski definition) is 0. The van der Waals surface area contributed by atoms with Gasteiger partial charge in [-0.1, -0.05) is 152 Å². The Balaban J connectivity index is 1.12. The molecule has 0 fully saturated rings. The Morgan fingerprint density at radius 3 is 1.77 bits per heavy atom. The molecule has 0 N–H and O–H groups in total. The van der Waals surface area contributed by atoms with E-state index in [1.807, 2.05) is 6.07 Å². The molecule has 1 aliphatic carbocycles. The highest BCUT2D eigenvalue weighted by Crippen LogP contribution is 2.54. The second kappa shape index (κ2) is 12.7. The number of ether oxygens (including phenoxy) is 1. The highest BCUT2D eigenvalue weighted by atomic mass is 16.5. The van der Waals surface area contributed by atoms with Crippen molar-refractivity contribution in [1.82, 2.24) is 0 Å². The fourth-order valence-electron chi connectivity index (χ4n) is 9.24. The lowest BCUT2D eigenvalue weighted by Crippen LogP contribution is -2.23. The van der Waals surface area contributed by atoms with Crippen LogP contribution < -0.4 is 9.64 Å². The highest BCUT2D eigenvalue weighted by molar-refractivity contribution is 6.07. The van der Waals surface area contributed by atoms with Crippen LogP contribution in [0.5, 0.6) is 11.5 Å². The number of benzene rings is 9. The molecule has 11 rings (SSSR count). The molecule has 9 aromatic rings. The van der Waals surface area contributed by atoms with Gasteiger partial charge in [0.05, 0.1) is 5.69 Å². The van der Waals surface area contributed by atoms with E-state index in [-0.39, 0.29) is 5.41 Å². The zero-order valence-corrected chi connectivity index (χ0v) is 31.0. The summed E-state index contributed by atoms with van der Waals surface area (Å²) in [6, 6.07) is 74.9. The first-order chi connectivity index (χ1) is 27.6. The number of rotatable bonds is 6. The minimum absolute atomic E-state index is 0.320. The lowest BCUT2D eigenvalue weighted by molar-refractivity contribution is 0.487. The third kappa shape index (κ3) is 4.96. The average Bonchev–Trinajstić information content (AvgIpc) is 3.53. The molecule has 2 nitrogen and oxygen atoms in total. The average molecular weight is 716 g/mol. The van der Waals surface area contributed by atoms with Crippen molar-refractivity contribution in [3.05, 3.63) is 223 Å². The van der Waals surface area contributed by atoms with E-state index in [9.17, 15) is 0 Å². The summed E-state index contributed by atoms with van der Waals surface area (Å²) in [5, 5.41) is 2.31. The van der Waals surface area contributed by atoms with Gasteiger partial charge in [-0.25, -0.2) is 0 Å². The van der Waals surface area contributed by atoms with E-state index in [1.54, 1.807) is 0 Å². The summed E-state index contributed by atoms with van der Waals surface area (Å²) in [7, 11) is 0. The SMILES string of the molecule is CC1(c2cccc(N(c3ccc(-c4ccccc4)cc3)c3ccccc3-c3cc4c5c(cccc5c3)Oc3ccccc3-4)c2)c2ccccc2-c2ccccc21. The van der Waals surface area contributed by atoms with Crippen LogP contribution in [0.3, 0.4) is 0 Å². The maximum absolute atomic E-state index is 6.41. The summed E-state index contributed by atoms with van der Waals surface area (Å²) in [6.45, 7) is 2.39. The van der Waals surface area contributed by atoms with Crippen LogP contribution in [-0.2, 0) is 5.41 Å². The van der Waals surface area contributed by atoms with Gasteiger partial charge in [0.2, 0.25) is 0 Å². The van der Waals surface area contributed by atoms with Crippen LogP contribution in [-0.4, -0.2) is 0 Å². The van der Waals surface area contributed by atoms with E-state index in [4.69, 9.17) is 4.74 Å². The standard InChI is InChI=1S/C54H37NO/c1-54(48-24-9-5-21-44(48)45-22-6-10-25-49(45)54)40-18-14-19-42(35-40)55(41-31-29-37(30-32-41)36-15-3-2-4-16-36)50-26-11-7-20-43(50)39-33-38-17-13-28-52-53(38)47(34-39)46-23-8-12-27-51(46)56-52/h2-35H,1H3. The zero-order chi connectivity index (χ0) is 37.2. The normalized spacial score (nSPS) is 13.0. The number of para-hydroxylation sites is 2. The molecule has 0 amide bonds. The molecule has 0 saturated heterocycles. The quantitative estimate of drug-likeness (QED) is 0.170. The van der Waals surface area contributed by atoms with Gasteiger partial charge < -0.3 is 9.64 Å². The van der Waals surface area contributed by atoms with Gasteiger partial charge in [0, 0.05) is 33.3 Å². The molecular weight excluding hydrogens is 679 g/mol. The largest absolute Gasteiger partial charge is 0.456 e. The van der Waals surface area contributed by atoms with Crippen molar-refractivity contribution in [3.63, 3.8) is 0 Å². The van der Waals surface area contributed by atoms with Crippen LogP contribution in [0.4, 0.5) is 17.1 Å². The van der Waals surface area contributed by atoms with Crippen LogP contribution in [0.25, 0.3) is 55.3 Å². The molecule has 0 radical (unpaired) electrons. The van der Waals surface area contributed by atoms with Crippen molar-refractivity contribution in [2.24, 2.45) is 0 Å². The van der Waals surface area contributed by atoms with E-state index in [1.165, 1.54) is 44.5 Å². The molecule has 264 valence electrons. The molecule has 1 heterocycles. The maximum Gasteiger partial charge on any atom is 0.135 e. The van der Waals surface area contributed by atoms with E-state index in [0.29, 0.717) is 0 Å². The third-order valence-corrected chi connectivity index (χ3v) is 11.9. The summed E-state index contributed by atoms with van der Waals surface area (Å²) in [6.07, 6.45) is 0. The molecule has 0 atom stereocenters. The Hall–Kier alpha value is -7.16. The Labute approximate surface area is 327 Å². The van der Waals surface area contributed by atoms with E-state index in [2.05, 4.69) is 212 Å². The third-order valence-electron chi connectivity index (χ3n) is 11.9. The van der Waals surface area contributed by atoms with Gasteiger partial charge in [-0.15, -0.1) is 0 Å². The molecule has 56 heavy (non-hydrogen) atoms. The molecule has 2 heteroatoms. The molecular formula is C54H37NO. The molecule has 0 unspecified atom stereocenters. The summed E-state index contributed by atoms with van der Waals surface area (Å²) in [5.74, 6) is 1.79. The zero-order valence-electron chi connectivity index (χ0n) is 31.0. The van der Waals surface area contributed by atoms with Crippen LogP contribution >= 0.6 is 0 Å². The first-order valence-corrected chi connectivity index (χ1v) is 19.3. The number of anilines is 3. The van der Waals surface area contributed by atoms with E-state index in [0.717, 1.165) is 56.0 Å². The number of fused-ring (bicyclic) bond motifs is 5. The fraction of sp³-hybridized carbons (Fsp3) is 0.0370. The summed E-state index contributed by atoms with van der Waals surface area (Å²) in [5.41, 5.74) is 16.6. The second-order valence-electron chi connectivity index (χ2n) is 15.0. The predicted octanol–water partition coefficient (Wildman–Crippen LogP) is 14.8. The van der Waals surface area contributed by atoms with Crippen molar-refractivity contribution in [2.45, 2.75) is 12.3 Å². The van der Waals surface area contributed by atoms with Gasteiger partial charge in [-0.3, -0.25) is 0 Å². The van der Waals surface area contributed by atoms with Crippen molar-refractivity contribution in [2.75, 3.05) is 4.90 Å². The molecule has 0 bridgehead atoms. The second-order valence-corrected chi connectivity index (χ2v) is 15.0. The highest BCUT2D eigenvalue weighted by Gasteiger charge is 2.40. The molecule has 0 spiro atoms. The summed E-state index contributed by atoms with van der Waals surface area (Å²) < 4.78 is 6.41. The molecule has 9 aromatic carbocycles. The lowest BCUT2D eigenvalue weighted by atomic mass is 9.74. The predicted molar refractivity (Wildman–Crippen MR) is 232 cm³/mol. The maximum atomic E-state index is 6.41. The number of hydrogen-bond acceptors (Lipinski definition) is 2. The Kier molecular flexibility index (Phi) is 7.33. The van der Waals surface area contributed by atoms with Gasteiger partial charge in [0.25, 0.3) is 0 Å². The summed E-state index contributed by atoms with van der Waals surface area (Å²) >= 11 is 0. The van der Waals surface area contributed by atoms with Gasteiger partial charge in [-0.2, -0.15) is 0 Å². The van der Waals surface area contributed by atoms with Crippen LogP contribution in [0.15, 0.2) is 206 Å². The van der Waals surface area contributed by atoms with E-state index < -0.39 is 0 Å². The Morgan fingerprint density at radius 1 is 0.393 bits per heavy atom. The van der Waals surface area contributed by atoms with Crippen LogP contribution in [0.1, 0.15) is 23.6 Å². The van der Waals surface area contributed by atoms with Crippen molar-refractivity contribution in [3.8, 4) is 56.0 Å². The molecule has 2 aliphatic rings. The Bertz CT molecular complexity index is 2920. The molecule has 0 saturated carbocycles. The molecule has 0 aromatic heterocycles. The van der Waals surface area contributed by atoms with Crippen LogP contribution in [0.2, 0.25) is 0 Å². The van der Waals surface area contributed by atoms with Gasteiger partial charge in [0.15, 0.2) is 0 Å². The topological polar surface area (TPSA) is 12.5 Å².